The third-order valence-electron chi connectivity index (χ3n) is 7.20. The summed E-state index contributed by atoms with van der Waals surface area (Å²) >= 11 is 0. The van der Waals surface area contributed by atoms with Crippen molar-refractivity contribution in [3.05, 3.63) is 0 Å². The molecule has 3 rings (SSSR count). The zero-order valence-corrected chi connectivity index (χ0v) is 19.4. The fourth-order valence-corrected chi connectivity index (χ4v) is 5.08. The Morgan fingerprint density at radius 2 is 1.74 bits per heavy atom. The van der Waals surface area contributed by atoms with E-state index in [9.17, 15) is 14.4 Å². The Labute approximate surface area is 186 Å². The summed E-state index contributed by atoms with van der Waals surface area (Å²) in [6, 6.07) is -0.320. The van der Waals surface area contributed by atoms with Crippen molar-refractivity contribution in [2.24, 2.45) is 0 Å². The van der Waals surface area contributed by atoms with Gasteiger partial charge in [0.1, 0.15) is 12.1 Å². The number of amides is 4. The van der Waals surface area contributed by atoms with Crippen LogP contribution >= 0.6 is 0 Å². The first-order chi connectivity index (χ1) is 15.0. The Hall–Kier alpha value is -1.67. The Balaban J connectivity index is 1.62. The molecule has 31 heavy (non-hydrogen) atoms. The summed E-state index contributed by atoms with van der Waals surface area (Å²) < 4.78 is 5.41. The molecule has 0 unspecified atom stereocenters. The second-order valence-corrected chi connectivity index (χ2v) is 9.22. The SMILES string of the molecule is CCCCCCN(CCN1CCOCC1)C(=O)CN1C(=O)N(C)C2(CCCCC2)C1=O. The monoisotopic (exact) mass is 436 g/mol. The molecule has 1 aliphatic carbocycles. The van der Waals surface area contributed by atoms with E-state index in [4.69, 9.17) is 4.74 Å². The van der Waals surface area contributed by atoms with Crippen LogP contribution in [0.15, 0.2) is 0 Å². The van der Waals surface area contributed by atoms with Gasteiger partial charge in [0.15, 0.2) is 0 Å². The van der Waals surface area contributed by atoms with E-state index in [2.05, 4.69) is 11.8 Å². The van der Waals surface area contributed by atoms with Crippen molar-refractivity contribution in [3.63, 3.8) is 0 Å². The zero-order valence-electron chi connectivity index (χ0n) is 19.4. The van der Waals surface area contributed by atoms with Gasteiger partial charge in [-0.2, -0.15) is 0 Å². The summed E-state index contributed by atoms with van der Waals surface area (Å²) in [6.45, 7) is 7.37. The smallest absolute Gasteiger partial charge is 0.327 e. The number of hydrogen-bond acceptors (Lipinski definition) is 5. The number of rotatable bonds is 10. The number of hydrogen-bond donors (Lipinski definition) is 0. The summed E-state index contributed by atoms with van der Waals surface area (Å²) in [5, 5.41) is 0. The van der Waals surface area contributed by atoms with Gasteiger partial charge < -0.3 is 14.5 Å². The van der Waals surface area contributed by atoms with E-state index in [-0.39, 0.29) is 24.4 Å². The van der Waals surface area contributed by atoms with Gasteiger partial charge in [0.2, 0.25) is 5.91 Å². The molecule has 2 saturated heterocycles. The molecule has 1 saturated carbocycles. The first kappa shape index (κ1) is 24.0. The molecular weight excluding hydrogens is 396 g/mol. The summed E-state index contributed by atoms with van der Waals surface area (Å²) in [7, 11) is 1.72. The molecule has 0 aromatic carbocycles. The number of morpholine rings is 1. The minimum absolute atomic E-state index is 0.118. The lowest BCUT2D eigenvalue weighted by Gasteiger charge is -2.35. The standard InChI is InChI=1S/C23H40N4O4/c1-3-4-5-9-12-26(14-13-25-15-17-31-18-16-25)20(28)19-27-21(29)23(24(2)22(27)30)10-7-6-8-11-23/h3-19H2,1-2H3. The van der Waals surface area contributed by atoms with Crippen molar-refractivity contribution < 1.29 is 19.1 Å². The van der Waals surface area contributed by atoms with Gasteiger partial charge in [0.25, 0.3) is 5.91 Å². The molecule has 0 aromatic rings. The maximum Gasteiger partial charge on any atom is 0.327 e. The van der Waals surface area contributed by atoms with Crippen LogP contribution in [0.5, 0.6) is 0 Å². The maximum absolute atomic E-state index is 13.2. The first-order valence-electron chi connectivity index (χ1n) is 12.2. The number of nitrogens with zero attached hydrogens (tertiary/aromatic N) is 4. The van der Waals surface area contributed by atoms with Gasteiger partial charge in [0.05, 0.1) is 13.2 Å². The average Bonchev–Trinajstić information content (AvgIpc) is 2.96. The highest BCUT2D eigenvalue weighted by molar-refractivity contribution is 6.08. The molecule has 0 N–H and O–H groups in total. The molecule has 1 spiro atoms. The van der Waals surface area contributed by atoms with E-state index in [1.165, 1.54) is 4.90 Å². The van der Waals surface area contributed by atoms with Crippen molar-refractivity contribution in [1.82, 2.24) is 19.6 Å². The van der Waals surface area contributed by atoms with Gasteiger partial charge in [-0.15, -0.1) is 0 Å². The molecule has 0 atom stereocenters. The summed E-state index contributed by atoms with van der Waals surface area (Å²) in [5.41, 5.74) is -0.727. The van der Waals surface area contributed by atoms with E-state index >= 15 is 0 Å². The molecule has 176 valence electrons. The highest BCUT2D eigenvalue weighted by Gasteiger charge is 2.55. The van der Waals surface area contributed by atoms with Gasteiger partial charge in [-0.05, 0) is 19.3 Å². The summed E-state index contributed by atoms with van der Waals surface area (Å²) in [5.74, 6) is -0.292. The Kier molecular flexibility index (Phi) is 8.72. The molecule has 0 radical (unpaired) electrons. The van der Waals surface area contributed by atoms with Gasteiger partial charge in [0, 0.05) is 39.8 Å². The number of urea groups is 1. The number of unbranched alkanes of at least 4 members (excludes halogenated alkanes) is 3. The lowest BCUT2D eigenvalue weighted by molar-refractivity contribution is -0.140. The zero-order chi connectivity index (χ0) is 22.3. The Bertz CT molecular complexity index is 629. The van der Waals surface area contributed by atoms with Gasteiger partial charge >= 0.3 is 6.03 Å². The summed E-state index contributed by atoms with van der Waals surface area (Å²) in [4.78, 5) is 46.3. The van der Waals surface area contributed by atoms with Crippen molar-refractivity contribution in [3.8, 4) is 0 Å². The highest BCUT2D eigenvalue weighted by Crippen LogP contribution is 2.39. The molecule has 3 aliphatic rings. The van der Waals surface area contributed by atoms with Crippen molar-refractivity contribution in [2.45, 2.75) is 70.3 Å². The highest BCUT2D eigenvalue weighted by atomic mass is 16.5. The number of imide groups is 1. The molecule has 8 nitrogen and oxygen atoms in total. The van der Waals surface area contributed by atoms with Gasteiger partial charge in [-0.1, -0.05) is 45.4 Å². The quantitative estimate of drug-likeness (QED) is 0.388. The maximum atomic E-state index is 13.2. The predicted octanol–water partition coefficient (Wildman–Crippen LogP) is 2.32. The minimum Gasteiger partial charge on any atom is -0.379 e. The molecule has 2 aliphatic heterocycles. The van der Waals surface area contributed by atoms with Crippen LogP contribution < -0.4 is 0 Å². The molecule has 4 amide bonds. The van der Waals surface area contributed by atoms with Crippen LogP contribution in [-0.4, -0.2) is 103 Å². The van der Waals surface area contributed by atoms with Crippen molar-refractivity contribution in [1.29, 1.82) is 0 Å². The lowest BCUT2D eigenvalue weighted by atomic mass is 9.81. The third-order valence-corrected chi connectivity index (χ3v) is 7.20. The van der Waals surface area contributed by atoms with Crippen LogP contribution in [0, 0.1) is 0 Å². The minimum atomic E-state index is -0.727. The van der Waals surface area contributed by atoms with E-state index < -0.39 is 5.54 Å². The third kappa shape index (κ3) is 5.58. The molecular formula is C23H40N4O4. The average molecular weight is 437 g/mol. The Morgan fingerprint density at radius 3 is 2.42 bits per heavy atom. The van der Waals surface area contributed by atoms with Gasteiger partial charge in [-0.3, -0.25) is 19.4 Å². The van der Waals surface area contributed by atoms with E-state index in [0.717, 1.165) is 77.8 Å². The lowest BCUT2D eigenvalue weighted by Crippen LogP contribution is -2.50. The molecule has 3 fully saturated rings. The van der Waals surface area contributed by atoms with Crippen LogP contribution in [0.3, 0.4) is 0 Å². The number of carbonyl (C=O) groups excluding carboxylic acids is 3. The number of carbonyl (C=O) groups is 3. The second kappa shape index (κ2) is 11.3. The predicted molar refractivity (Wildman–Crippen MR) is 119 cm³/mol. The van der Waals surface area contributed by atoms with Crippen LogP contribution in [-0.2, 0) is 14.3 Å². The van der Waals surface area contributed by atoms with Crippen LogP contribution in [0.25, 0.3) is 0 Å². The molecule has 2 heterocycles. The van der Waals surface area contributed by atoms with Crippen molar-refractivity contribution >= 4 is 17.8 Å². The fraction of sp³-hybridized carbons (Fsp3) is 0.870. The van der Waals surface area contributed by atoms with Crippen LogP contribution in [0.1, 0.15) is 64.7 Å². The number of ether oxygens (including phenoxy) is 1. The normalized spacial score (nSPS) is 21.9. The van der Waals surface area contributed by atoms with E-state index in [1.54, 1.807) is 11.9 Å². The van der Waals surface area contributed by atoms with Crippen LogP contribution in [0.4, 0.5) is 4.79 Å². The fourth-order valence-electron chi connectivity index (χ4n) is 5.08. The first-order valence-corrected chi connectivity index (χ1v) is 12.2. The molecule has 0 aromatic heterocycles. The largest absolute Gasteiger partial charge is 0.379 e. The van der Waals surface area contributed by atoms with E-state index in [0.29, 0.717) is 25.9 Å². The van der Waals surface area contributed by atoms with Gasteiger partial charge in [-0.25, -0.2) is 4.79 Å². The molecule has 0 bridgehead atoms. The number of likely N-dealkylation sites (N-methyl/N-ethyl adjacent to an activating group) is 1. The second-order valence-electron chi connectivity index (χ2n) is 9.22. The van der Waals surface area contributed by atoms with E-state index in [1.807, 2.05) is 4.90 Å². The topological polar surface area (TPSA) is 73.4 Å². The van der Waals surface area contributed by atoms with Crippen molar-refractivity contribution in [2.75, 3.05) is 59.5 Å². The summed E-state index contributed by atoms with van der Waals surface area (Å²) in [6.07, 6.45) is 8.76. The van der Waals surface area contributed by atoms with Crippen LogP contribution in [0.2, 0.25) is 0 Å². The Morgan fingerprint density at radius 1 is 1.03 bits per heavy atom. The molecule has 8 heteroatoms.